The van der Waals surface area contributed by atoms with Crippen molar-refractivity contribution in [2.75, 3.05) is 13.2 Å². The fourth-order valence-corrected chi connectivity index (χ4v) is 3.00. The van der Waals surface area contributed by atoms with Crippen molar-refractivity contribution in [2.24, 2.45) is 0 Å². The standard InChI is InChI=1S/C18H20ClNO2/c19-17-9-7-16(8-10-17)18(11-4-12-21,13-20-14-22)15-5-2-1-3-6-15/h1-3,5-10,14,21H,4,11-13H2,(H,20,22). The minimum atomic E-state index is -0.379. The van der Waals surface area contributed by atoms with Crippen molar-refractivity contribution >= 4 is 18.0 Å². The third-order valence-electron chi connectivity index (χ3n) is 3.97. The van der Waals surface area contributed by atoms with Gasteiger partial charge in [0.15, 0.2) is 0 Å². The second kappa shape index (κ2) is 7.97. The molecule has 0 bridgehead atoms. The monoisotopic (exact) mass is 317 g/mol. The molecule has 2 aromatic carbocycles. The molecule has 0 aliphatic heterocycles. The molecule has 0 aliphatic rings. The maximum absolute atomic E-state index is 10.9. The number of carbonyl (C=O) groups is 1. The SMILES string of the molecule is O=CNCC(CCCO)(c1ccccc1)c1ccc(Cl)cc1. The predicted molar refractivity (Wildman–Crippen MR) is 89.1 cm³/mol. The van der Waals surface area contributed by atoms with Gasteiger partial charge in [-0.15, -0.1) is 0 Å². The van der Waals surface area contributed by atoms with Crippen LogP contribution in [0.25, 0.3) is 0 Å². The summed E-state index contributed by atoms with van der Waals surface area (Å²) >= 11 is 6.00. The second-order valence-corrected chi connectivity index (χ2v) is 5.72. The molecular weight excluding hydrogens is 298 g/mol. The van der Waals surface area contributed by atoms with Gasteiger partial charge in [0.05, 0.1) is 0 Å². The highest BCUT2D eigenvalue weighted by atomic mass is 35.5. The van der Waals surface area contributed by atoms with Crippen molar-refractivity contribution in [1.82, 2.24) is 5.32 Å². The molecular formula is C18H20ClNO2. The zero-order chi connectivity index (χ0) is 15.8. The average Bonchev–Trinajstić information content (AvgIpc) is 2.57. The summed E-state index contributed by atoms with van der Waals surface area (Å²) in [7, 11) is 0. The molecule has 2 N–H and O–H groups in total. The van der Waals surface area contributed by atoms with E-state index < -0.39 is 0 Å². The molecule has 22 heavy (non-hydrogen) atoms. The van der Waals surface area contributed by atoms with E-state index in [0.29, 0.717) is 24.4 Å². The van der Waals surface area contributed by atoms with Crippen LogP contribution < -0.4 is 5.32 Å². The van der Waals surface area contributed by atoms with Crippen LogP contribution in [0.4, 0.5) is 0 Å². The summed E-state index contributed by atoms with van der Waals surface area (Å²) in [6, 6.07) is 17.7. The lowest BCUT2D eigenvalue weighted by Crippen LogP contribution is -2.39. The van der Waals surface area contributed by atoms with Gasteiger partial charge in [0, 0.05) is 23.6 Å². The second-order valence-electron chi connectivity index (χ2n) is 5.28. The van der Waals surface area contributed by atoms with Gasteiger partial charge in [-0.25, -0.2) is 0 Å². The summed E-state index contributed by atoms with van der Waals surface area (Å²) in [4.78, 5) is 10.9. The summed E-state index contributed by atoms with van der Waals surface area (Å²) in [6.45, 7) is 0.589. The van der Waals surface area contributed by atoms with Gasteiger partial charge in [-0.1, -0.05) is 54.1 Å². The van der Waals surface area contributed by atoms with E-state index in [9.17, 15) is 9.90 Å². The minimum Gasteiger partial charge on any atom is -0.396 e. The third-order valence-corrected chi connectivity index (χ3v) is 4.22. The number of hydrogen-bond acceptors (Lipinski definition) is 2. The van der Waals surface area contributed by atoms with E-state index in [1.165, 1.54) is 0 Å². The summed E-state index contributed by atoms with van der Waals surface area (Å²) in [6.07, 6.45) is 2.10. The number of hydrogen-bond donors (Lipinski definition) is 2. The molecule has 0 aromatic heterocycles. The van der Waals surface area contributed by atoms with Crippen LogP contribution in [0.15, 0.2) is 54.6 Å². The van der Waals surface area contributed by atoms with E-state index in [0.717, 1.165) is 17.5 Å². The number of rotatable bonds is 8. The van der Waals surface area contributed by atoms with Crippen LogP contribution in [-0.2, 0) is 10.2 Å². The van der Waals surface area contributed by atoms with Crippen LogP contribution in [-0.4, -0.2) is 24.7 Å². The van der Waals surface area contributed by atoms with Crippen LogP contribution in [0.3, 0.4) is 0 Å². The minimum absolute atomic E-state index is 0.114. The van der Waals surface area contributed by atoms with Crippen molar-refractivity contribution in [3.8, 4) is 0 Å². The van der Waals surface area contributed by atoms with E-state index in [2.05, 4.69) is 17.4 Å². The number of benzene rings is 2. The molecule has 0 heterocycles. The first kappa shape index (κ1) is 16.5. The predicted octanol–water partition coefficient (Wildman–Crippen LogP) is 3.14. The van der Waals surface area contributed by atoms with E-state index >= 15 is 0 Å². The van der Waals surface area contributed by atoms with Crippen LogP contribution in [0.5, 0.6) is 0 Å². The number of nitrogens with one attached hydrogen (secondary N) is 1. The Morgan fingerprint density at radius 3 is 2.27 bits per heavy atom. The Hall–Kier alpha value is -1.84. The zero-order valence-electron chi connectivity index (χ0n) is 12.3. The average molecular weight is 318 g/mol. The largest absolute Gasteiger partial charge is 0.396 e. The van der Waals surface area contributed by atoms with Crippen molar-refractivity contribution in [3.63, 3.8) is 0 Å². The molecule has 0 saturated carbocycles. The van der Waals surface area contributed by atoms with Crippen LogP contribution >= 0.6 is 11.6 Å². The Morgan fingerprint density at radius 1 is 1.05 bits per heavy atom. The Morgan fingerprint density at radius 2 is 1.68 bits per heavy atom. The van der Waals surface area contributed by atoms with Crippen molar-refractivity contribution < 1.29 is 9.90 Å². The Kier molecular flexibility index (Phi) is 5.99. The summed E-state index contributed by atoms with van der Waals surface area (Å²) < 4.78 is 0. The number of aliphatic hydroxyl groups excluding tert-OH is 1. The van der Waals surface area contributed by atoms with E-state index in [4.69, 9.17) is 11.6 Å². The first-order chi connectivity index (χ1) is 10.7. The lowest BCUT2D eigenvalue weighted by atomic mass is 9.71. The van der Waals surface area contributed by atoms with Crippen LogP contribution in [0, 0.1) is 0 Å². The molecule has 3 nitrogen and oxygen atoms in total. The highest BCUT2D eigenvalue weighted by Crippen LogP contribution is 2.36. The molecule has 2 rings (SSSR count). The van der Waals surface area contributed by atoms with Crippen LogP contribution in [0.1, 0.15) is 24.0 Å². The molecule has 2 aromatic rings. The fraction of sp³-hybridized carbons (Fsp3) is 0.278. The molecule has 1 atom stereocenters. The molecule has 0 spiro atoms. The van der Waals surface area contributed by atoms with Crippen molar-refractivity contribution in [2.45, 2.75) is 18.3 Å². The number of aliphatic hydroxyl groups is 1. The van der Waals surface area contributed by atoms with Gasteiger partial charge >= 0.3 is 0 Å². The highest BCUT2D eigenvalue weighted by Gasteiger charge is 2.33. The van der Waals surface area contributed by atoms with Crippen molar-refractivity contribution in [1.29, 1.82) is 0 Å². The van der Waals surface area contributed by atoms with Gasteiger partial charge in [-0.05, 0) is 36.1 Å². The fourth-order valence-electron chi connectivity index (χ4n) is 2.87. The lowest BCUT2D eigenvalue weighted by Gasteiger charge is -2.35. The molecule has 4 heteroatoms. The normalized spacial score (nSPS) is 13.4. The van der Waals surface area contributed by atoms with Gasteiger partial charge in [0.2, 0.25) is 6.41 Å². The van der Waals surface area contributed by atoms with Gasteiger partial charge in [0.1, 0.15) is 0 Å². The molecule has 0 aliphatic carbocycles. The van der Waals surface area contributed by atoms with Gasteiger partial charge in [-0.2, -0.15) is 0 Å². The quantitative estimate of drug-likeness (QED) is 0.735. The molecule has 0 radical (unpaired) electrons. The number of halogens is 1. The first-order valence-corrected chi connectivity index (χ1v) is 7.70. The van der Waals surface area contributed by atoms with E-state index in [1.807, 2.05) is 42.5 Å². The van der Waals surface area contributed by atoms with Crippen molar-refractivity contribution in [3.05, 3.63) is 70.7 Å². The lowest BCUT2D eigenvalue weighted by molar-refractivity contribution is -0.109. The first-order valence-electron chi connectivity index (χ1n) is 7.32. The van der Waals surface area contributed by atoms with Crippen LogP contribution in [0.2, 0.25) is 5.02 Å². The zero-order valence-corrected chi connectivity index (χ0v) is 13.1. The Labute approximate surface area is 135 Å². The maximum atomic E-state index is 10.9. The van der Waals surface area contributed by atoms with Gasteiger partial charge in [-0.3, -0.25) is 4.79 Å². The number of amides is 1. The molecule has 0 saturated heterocycles. The molecule has 0 fully saturated rings. The van der Waals surface area contributed by atoms with E-state index in [-0.39, 0.29) is 12.0 Å². The summed E-state index contributed by atoms with van der Waals surface area (Å²) in [5, 5.41) is 12.8. The molecule has 1 amide bonds. The summed E-state index contributed by atoms with van der Waals surface area (Å²) in [5.74, 6) is 0. The molecule has 1 unspecified atom stereocenters. The smallest absolute Gasteiger partial charge is 0.207 e. The topological polar surface area (TPSA) is 49.3 Å². The summed E-state index contributed by atoms with van der Waals surface area (Å²) in [5.41, 5.74) is 1.81. The third kappa shape index (κ3) is 3.67. The van der Waals surface area contributed by atoms with Gasteiger partial charge < -0.3 is 10.4 Å². The van der Waals surface area contributed by atoms with E-state index in [1.54, 1.807) is 0 Å². The number of carbonyl (C=O) groups excluding carboxylic acids is 1. The Bertz CT molecular complexity index is 586. The highest BCUT2D eigenvalue weighted by molar-refractivity contribution is 6.30. The molecule has 116 valence electrons. The Balaban J connectivity index is 2.52. The maximum Gasteiger partial charge on any atom is 0.207 e. The van der Waals surface area contributed by atoms with Gasteiger partial charge in [0.25, 0.3) is 0 Å².